The van der Waals surface area contributed by atoms with Crippen molar-refractivity contribution in [2.45, 2.75) is 36.5 Å². The molecule has 2 bridgehead atoms. The summed E-state index contributed by atoms with van der Waals surface area (Å²) in [4.78, 5) is 0. The Morgan fingerprint density at radius 3 is 3.00 bits per heavy atom. The molecular formula is C19H23ClNO4+. The number of quaternary nitrogens is 1. The lowest BCUT2D eigenvalue weighted by Crippen LogP contribution is -2.71. The van der Waals surface area contributed by atoms with Crippen molar-refractivity contribution < 1.29 is 23.4 Å². The number of likely N-dealkylation sites (N-methyl/N-ethyl adjacent to an activating group) is 1. The second kappa shape index (κ2) is 5.13. The number of likely N-dealkylation sites (tertiary alicyclic amines) is 1. The Hall–Kier alpha value is -1.27. The highest BCUT2D eigenvalue weighted by molar-refractivity contribution is 6.07. The first-order valence-corrected chi connectivity index (χ1v) is 9.17. The lowest BCUT2D eigenvalue weighted by atomic mass is 9.53. The summed E-state index contributed by atoms with van der Waals surface area (Å²) >= 11 is 5.66. The normalized spacial score (nSPS) is 42.7. The Labute approximate surface area is 152 Å². The van der Waals surface area contributed by atoms with E-state index in [1.54, 1.807) is 7.11 Å². The van der Waals surface area contributed by atoms with Gasteiger partial charge in [0.25, 0.3) is 0 Å². The smallest absolute Gasteiger partial charge is 0.202 e. The van der Waals surface area contributed by atoms with Crippen molar-refractivity contribution in [3.8, 4) is 11.5 Å². The van der Waals surface area contributed by atoms with E-state index >= 15 is 0 Å². The average Bonchev–Trinajstić information content (AvgIpc) is 2.96. The quantitative estimate of drug-likeness (QED) is 0.659. The number of ether oxygens (including phenoxy) is 2. The van der Waals surface area contributed by atoms with Crippen molar-refractivity contribution in [3.63, 3.8) is 0 Å². The van der Waals surface area contributed by atoms with Crippen LogP contribution in [0.1, 0.15) is 17.5 Å². The number of aliphatic hydroxyl groups excluding tert-OH is 1. The van der Waals surface area contributed by atoms with Crippen LogP contribution in [0.3, 0.4) is 0 Å². The molecule has 6 heteroatoms. The third kappa shape index (κ3) is 1.80. The van der Waals surface area contributed by atoms with E-state index in [9.17, 15) is 5.11 Å². The van der Waals surface area contributed by atoms with Crippen molar-refractivity contribution in [2.24, 2.45) is 5.92 Å². The minimum absolute atomic E-state index is 0.180. The lowest BCUT2D eigenvalue weighted by molar-refractivity contribution is -0.957. The van der Waals surface area contributed by atoms with Gasteiger partial charge in [-0.1, -0.05) is 18.2 Å². The fourth-order valence-corrected chi connectivity index (χ4v) is 6.14. The van der Waals surface area contributed by atoms with E-state index in [1.165, 1.54) is 11.1 Å². The van der Waals surface area contributed by atoms with Crippen LogP contribution in [0.5, 0.6) is 11.5 Å². The highest BCUT2D eigenvalue weighted by atomic mass is 35.5. The number of benzene rings is 1. The largest absolute Gasteiger partial charge is 0.493 e. The van der Waals surface area contributed by atoms with E-state index < -0.39 is 6.10 Å². The summed E-state index contributed by atoms with van der Waals surface area (Å²) in [7, 11) is 3.89. The molecule has 0 saturated carbocycles. The number of rotatable bonds is 3. The summed E-state index contributed by atoms with van der Waals surface area (Å²) in [6.45, 7) is 1.43. The van der Waals surface area contributed by atoms with Crippen LogP contribution in [0.25, 0.3) is 0 Å². The van der Waals surface area contributed by atoms with Crippen molar-refractivity contribution in [3.05, 3.63) is 35.4 Å². The minimum atomic E-state index is -0.596. The monoisotopic (exact) mass is 364 g/mol. The summed E-state index contributed by atoms with van der Waals surface area (Å²) < 4.78 is 17.7. The van der Waals surface area contributed by atoms with Crippen molar-refractivity contribution in [1.82, 2.24) is 0 Å². The molecule has 1 saturated heterocycles. The predicted molar refractivity (Wildman–Crippen MR) is 92.7 cm³/mol. The number of methoxy groups -OCH3 is 1. The zero-order valence-corrected chi connectivity index (χ0v) is 15.2. The molecular weight excluding hydrogens is 342 g/mol. The van der Waals surface area contributed by atoms with Gasteiger partial charge in [-0.25, -0.2) is 4.29 Å². The van der Waals surface area contributed by atoms with Crippen molar-refractivity contribution in [2.75, 3.05) is 27.4 Å². The van der Waals surface area contributed by atoms with Gasteiger partial charge in [0.1, 0.15) is 18.2 Å². The van der Waals surface area contributed by atoms with E-state index in [2.05, 4.69) is 19.2 Å². The molecule has 134 valence electrons. The predicted octanol–water partition coefficient (Wildman–Crippen LogP) is 2.14. The molecule has 1 aromatic carbocycles. The van der Waals surface area contributed by atoms with E-state index in [-0.39, 0.29) is 11.5 Å². The van der Waals surface area contributed by atoms with Gasteiger partial charge in [-0.2, -0.15) is 0 Å². The maximum absolute atomic E-state index is 10.7. The van der Waals surface area contributed by atoms with Gasteiger partial charge in [-0.05, 0) is 11.6 Å². The summed E-state index contributed by atoms with van der Waals surface area (Å²) in [6, 6.07) is 4.51. The molecule has 4 aliphatic rings. The highest BCUT2D eigenvalue weighted by Gasteiger charge is 2.68. The molecule has 1 spiro atoms. The number of aliphatic hydroxyl groups is 1. The molecule has 2 heterocycles. The Morgan fingerprint density at radius 2 is 2.24 bits per heavy atom. The molecule has 0 aromatic heterocycles. The molecule has 2 unspecified atom stereocenters. The first kappa shape index (κ1) is 15.9. The summed E-state index contributed by atoms with van der Waals surface area (Å²) in [5.41, 5.74) is 2.39. The second-order valence-electron chi connectivity index (χ2n) is 8.07. The van der Waals surface area contributed by atoms with Crippen LogP contribution in [-0.2, 0) is 16.1 Å². The molecule has 2 aliphatic heterocycles. The first-order chi connectivity index (χ1) is 12.0. The number of hydrogen-bond donors (Lipinski definition) is 1. The van der Waals surface area contributed by atoms with Gasteiger partial charge >= 0.3 is 0 Å². The number of nitrogens with zero attached hydrogens (tertiary/aromatic N) is 1. The van der Waals surface area contributed by atoms with Crippen LogP contribution in [0.4, 0.5) is 0 Å². The number of hydrogen-bond acceptors (Lipinski definition) is 4. The first-order valence-electron chi connectivity index (χ1n) is 8.86. The molecule has 1 aromatic rings. The standard InChI is InChI=1S/C19H23ClNO4/c1-21(10-24-20)8-7-19-12-4-5-14(22)18(19)25-17-15(23-2)6-3-11(16(17)19)9-13(12)21/h3-6,12-14,18,22H,7-10H2,1-2H3/q+1/t12?,13?,14-,18-,19-,21-/m0/s1. The van der Waals surface area contributed by atoms with Crippen LogP contribution in [-0.4, -0.2) is 55.3 Å². The van der Waals surface area contributed by atoms with Crippen LogP contribution in [0.15, 0.2) is 24.3 Å². The SMILES string of the molecule is COc1ccc2c3c1O[C@H]1[C@@H](O)C=CC4C(C2)[N@+](C)(COCl)CC[C@@]341. The maximum Gasteiger partial charge on any atom is 0.202 e. The summed E-state index contributed by atoms with van der Waals surface area (Å²) in [6.07, 6.45) is 5.15. The molecule has 0 radical (unpaired) electrons. The molecule has 2 aliphatic carbocycles. The Bertz CT molecular complexity index is 768. The van der Waals surface area contributed by atoms with Crippen LogP contribution < -0.4 is 9.47 Å². The molecule has 5 nitrogen and oxygen atoms in total. The molecule has 1 N–H and O–H groups in total. The third-order valence-corrected chi connectivity index (χ3v) is 7.19. The molecule has 6 atom stereocenters. The lowest BCUT2D eigenvalue weighted by Gasteiger charge is -2.59. The van der Waals surface area contributed by atoms with Gasteiger partial charge in [-0.3, -0.25) is 4.48 Å². The van der Waals surface area contributed by atoms with Gasteiger partial charge < -0.3 is 14.6 Å². The zero-order chi connectivity index (χ0) is 17.4. The van der Waals surface area contributed by atoms with E-state index in [4.69, 9.17) is 25.6 Å². The molecule has 0 amide bonds. The van der Waals surface area contributed by atoms with E-state index in [0.717, 1.165) is 35.4 Å². The van der Waals surface area contributed by atoms with Gasteiger partial charge in [-0.15, -0.1) is 0 Å². The Morgan fingerprint density at radius 1 is 1.40 bits per heavy atom. The van der Waals surface area contributed by atoms with Crippen LogP contribution in [0.2, 0.25) is 0 Å². The van der Waals surface area contributed by atoms with Crippen LogP contribution >= 0.6 is 11.9 Å². The fraction of sp³-hybridized carbons (Fsp3) is 0.579. The fourth-order valence-electron chi connectivity index (χ4n) is 5.92. The number of piperidine rings is 1. The summed E-state index contributed by atoms with van der Waals surface area (Å²) in [5, 5.41) is 10.7. The highest BCUT2D eigenvalue weighted by Crippen LogP contribution is 2.63. The number of halogens is 1. The molecule has 5 rings (SSSR count). The second-order valence-corrected chi connectivity index (χ2v) is 8.29. The summed E-state index contributed by atoms with van der Waals surface area (Å²) in [5.74, 6) is 1.90. The Kier molecular flexibility index (Phi) is 3.27. The van der Waals surface area contributed by atoms with Gasteiger partial charge in [0.15, 0.2) is 11.5 Å². The average molecular weight is 365 g/mol. The van der Waals surface area contributed by atoms with Crippen molar-refractivity contribution in [1.29, 1.82) is 0 Å². The molecule has 1 fully saturated rings. The minimum Gasteiger partial charge on any atom is -0.493 e. The maximum atomic E-state index is 10.7. The van der Waals surface area contributed by atoms with Crippen LogP contribution in [0, 0.1) is 5.92 Å². The molecule has 25 heavy (non-hydrogen) atoms. The van der Waals surface area contributed by atoms with Gasteiger partial charge in [0.2, 0.25) is 6.73 Å². The van der Waals surface area contributed by atoms with Crippen molar-refractivity contribution >= 4 is 11.9 Å². The Balaban J connectivity index is 1.75. The van der Waals surface area contributed by atoms with E-state index in [1.807, 2.05) is 12.1 Å². The van der Waals surface area contributed by atoms with E-state index in [0.29, 0.717) is 18.7 Å². The van der Waals surface area contributed by atoms with Gasteiger partial charge in [0, 0.05) is 24.3 Å². The third-order valence-electron chi connectivity index (χ3n) is 7.09. The van der Waals surface area contributed by atoms with Gasteiger partial charge in [0.05, 0.1) is 38.0 Å². The zero-order valence-electron chi connectivity index (χ0n) is 14.4. The topological polar surface area (TPSA) is 47.9 Å².